The van der Waals surface area contributed by atoms with Gasteiger partial charge in [0.1, 0.15) is 0 Å². The molecule has 0 amide bonds. The number of allylic oxidation sites excluding steroid dienone is 8. The van der Waals surface area contributed by atoms with Gasteiger partial charge in [-0.2, -0.15) is 0 Å². The van der Waals surface area contributed by atoms with Gasteiger partial charge in [0.25, 0.3) is 0 Å². The summed E-state index contributed by atoms with van der Waals surface area (Å²) in [7, 11) is 1.80. The highest BCUT2D eigenvalue weighted by molar-refractivity contribution is 5.60. The first kappa shape index (κ1) is 20.6. The van der Waals surface area contributed by atoms with Crippen LogP contribution in [0.15, 0.2) is 63.9 Å². The molecule has 4 rings (SSSR count). The lowest BCUT2D eigenvalue weighted by atomic mass is 9.73. The Labute approximate surface area is 176 Å². The number of rotatable bonds is 7. The van der Waals surface area contributed by atoms with Gasteiger partial charge in [-0.1, -0.05) is 36.0 Å². The Bertz CT molecular complexity index is 753. The maximum Gasteiger partial charge on any atom is 0.0465 e. The minimum Gasteiger partial charge on any atom is -0.385 e. The van der Waals surface area contributed by atoms with Crippen molar-refractivity contribution in [2.75, 3.05) is 26.8 Å². The first-order valence-electron chi connectivity index (χ1n) is 11.5. The number of hydrogen-bond donors (Lipinski definition) is 1. The summed E-state index contributed by atoms with van der Waals surface area (Å²) < 4.78 is 5.27. The number of piperidine rings is 1. The zero-order valence-corrected chi connectivity index (χ0v) is 17.9. The molecule has 3 nitrogen and oxygen atoms in total. The van der Waals surface area contributed by atoms with E-state index in [0.29, 0.717) is 17.8 Å². The van der Waals surface area contributed by atoms with Gasteiger partial charge in [0.05, 0.1) is 0 Å². The molecule has 2 aliphatic carbocycles. The van der Waals surface area contributed by atoms with Crippen LogP contribution < -0.4 is 5.32 Å². The molecule has 3 heteroatoms. The van der Waals surface area contributed by atoms with Crippen LogP contribution in [0.3, 0.4) is 0 Å². The molecule has 2 aliphatic heterocycles. The van der Waals surface area contributed by atoms with Gasteiger partial charge in [0, 0.05) is 44.5 Å². The summed E-state index contributed by atoms with van der Waals surface area (Å²) in [6.45, 7) is 3.09. The predicted molar refractivity (Wildman–Crippen MR) is 122 cm³/mol. The molecule has 4 aliphatic rings. The Hall–Kier alpha value is -1.71. The van der Waals surface area contributed by atoms with Crippen LogP contribution in [-0.2, 0) is 4.74 Å². The summed E-state index contributed by atoms with van der Waals surface area (Å²) in [5.41, 5.74) is 6.32. The lowest BCUT2D eigenvalue weighted by Gasteiger charge is -2.36. The molecule has 2 heterocycles. The second-order valence-corrected chi connectivity index (χ2v) is 8.78. The van der Waals surface area contributed by atoms with Gasteiger partial charge in [0.15, 0.2) is 0 Å². The average molecular weight is 393 g/mol. The normalized spacial score (nSPS) is 29.8. The number of aliphatic imine (C=N–C) groups is 1. The SMILES string of the molecule is COCCCC1=C(C2C=CC([C@H]3CNCC[C@@H]3C3=CN=CCC3)=CC2)C=CCC1. The van der Waals surface area contributed by atoms with E-state index in [1.165, 1.54) is 37.7 Å². The molecule has 1 N–H and O–H groups in total. The van der Waals surface area contributed by atoms with Crippen LogP contribution in [0.1, 0.15) is 51.4 Å². The lowest BCUT2D eigenvalue weighted by Crippen LogP contribution is -2.38. The van der Waals surface area contributed by atoms with Crippen LogP contribution >= 0.6 is 0 Å². The molecular weight excluding hydrogens is 356 g/mol. The highest BCUT2D eigenvalue weighted by Gasteiger charge is 2.31. The molecule has 0 spiro atoms. The van der Waals surface area contributed by atoms with E-state index in [1.807, 2.05) is 0 Å². The van der Waals surface area contributed by atoms with E-state index in [4.69, 9.17) is 4.74 Å². The van der Waals surface area contributed by atoms with Gasteiger partial charge in [-0.15, -0.1) is 0 Å². The lowest BCUT2D eigenvalue weighted by molar-refractivity contribution is 0.195. The van der Waals surface area contributed by atoms with Crippen LogP contribution in [0, 0.1) is 17.8 Å². The van der Waals surface area contributed by atoms with Gasteiger partial charge in [0.2, 0.25) is 0 Å². The zero-order valence-electron chi connectivity index (χ0n) is 17.9. The van der Waals surface area contributed by atoms with Crippen molar-refractivity contribution >= 4 is 6.21 Å². The highest BCUT2D eigenvalue weighted by Crippen LogP contribution is 2.39. The molecule has 156 valence electrons. The maximum absolute atomic E-state index is 5.27. The van der Waals surface area contributed by atoms with Crippen molar-refractivity contribution in [1.29, 1.82) is 0 Å². The summed E-state index contributed by atoms with van der Waals surface area (Å²) >= 11 is 0. The smallest absolute Gasteiger partial charge is 0.0465 e. The monoisotopic (exact) mass is 392 g/mol. The summed E-state index contributed by atoms with van der Waals surface area (Å²) in [6, 6.07) is 0. The van der Waals surface area contributed by atoms with E-state index in [2.05, 4.69) is 53.1 Å². The van der Waals surface area contributed by atoms with E-state index in [9.17, 15) is 0 Å². The van der Waals surface area contributed by atoms with E-state index in [1.54, 1.807) is 23.8 Å². The average Bonchev–Trinajstić information content (AvgIpc) is 2.80. The second kappa shape index (κ2) is 10.4. The topological polar surface area (TPSA) is 33.6 Å². The first-order chi connectivity index (χ1) is 14.4. The number of methoxy groups -OCH3 is 1. The molecule has 0 radical (unpaired) electrons. The fraction of sp³-hybridized carbons (Fsp3) is 0.577. The van der Waals surface area contributed by atoms with Crippen molar-refractivity contribution in [3.05, 3.63) is 58.9 Å². The Morgan fingerprint density at radius 2 is 2.14 bits per heavy atom. The van der Waals surface area contributed by atoms with Crippen LogP contribution in [0.4, 0.5) is 0 Å². The molecule has 1 saturated heterocycles. The van der Waals surface area contributed by atoms with Crippen LogP contribution in [0.25, 0.3) is 0 Å². The number of nitrogens with zero attached hydrogens (tertiary/aromatic N) is 1. The molecule has 0 saturated carbocycles. The van der Waals surface area contributed by atoms with Crippen molar-refractivity contribution in [1.82, 2.24) is 5.32 Å². The van der Waals surface area contributed by atoms with Gasteiger partial charge in [-0.3, -0.25) is 4.99 Å². The Kier molecular flexibility index (Phi) is 7.34. The standard InChI is InChI=1S/C26H36N2O/c1-29-17-5-8-20-6-2-3-9-24(20)21-10-12-22(13-11-21)26-19-28-16-14-25(26)23-7-4-15-27-18-23/h3,9-10,12-13,15,18,21,25-26,28H,2,4-8,11,14,16-17,19H2,1H3/t21?,25-,26-/m1/s1. The van der Waals surface area contributed by atoms with Crippen LogP contribution in [-0.4, -0.2) is 33.0 Å². The van der Waals surface area contributed by atoms with Crippen molar-refractivity contribution in [3.63, 3.8) is 0 Å². The summed E-state index contributed by atoms with van der Waals surface area (Å²) in [5, 5.41) is 3.64. The fourth-order valence-electron chi connectivity index (χ4n) is 5.41. The Morgan fingerprint density at radius 1 is 1.17 bits per heavy atom. The van der Waals surface area contributed by atoms with Crippen LogP contribution in [0.5, 0.6) is 0 Å². The third-order valence-electron chi connectivity index (χ3n) is 6.97. The molecule has 0 aromatic heterocycles. The van der Waals surface area contributed by atoms with Crippen LogP contribution in [0.2, 0.25) is 0 Å². The Morgan fingerprint density at radius 3 is 2.93 bits per heavy atom. The fourth-order valence-corrected chi connectivity index (χ4v) is 5.41. The second-order valence-electron chi connectivity index (χ2n) is 8.78. The summed E-state index contributed by atoms with van der Waals surface area (Å²) in [4.78, 5) is 4.46. The van der Waals surface area contributed by atoms with Gasteiger partial charge in [-0.25, -0.2) is 0 Å². The van der Waals surface area contributed by atoms with E-state index < -0.39 is 0 Å². The van der Waals surface area contributed by atoms with Crippen molar-refractivity contribution in [2.24, 2.45) is 22.7 Å². The van der Waals surface area contributed by atoms with Crippen molar-refractivity contribution in [3.8, 4) is 0 Å². The Balaban J connectivity index is 1.46. The minimum atomic E-state index is 0.543. The highest BCUT2D eigenvalue weighted by atomic mass is 16.5. The molecule has 0 aromatic carbocycles. The molecule has 0 aromatic rings. The molecule has 1 unspecified atom stereocenters. The molecule has 1 fully saturated rings. The maximum atomic E-state index is 5.27. The van der Waals surface area contributed by atoms with Gasteiger partial charge in [-0.05, 0) is 80.5 Å². The number of ether oxygens (including phenoxy) is 1. The van der Waals surface area contributed by atoms with E-state index >= 15 is 0 Å². The van der Waals surface area contributed by atoms with Gasteiger partial charge < -0.3 is 10.1 Å². The van der Waals surface area contributed by atoms with E-state index in [0.717, 1.165) is 39.0 Å². The first-order valence-corrected chi connectivity index (χ1v) is 11.5. The quantitative estimate of drug-likeness (QED) is 0.577. The molecule has 29 heavy (non-hydrogen) atoms. The number of hydrogen-bond acceptors (Lipinski definition) is 3. The third-order valence-corrected chi connectivity index (χ3v) is 6.97. The largest absolute Gasteiger partial charge is 0.385 e. The summed E-state index contributed by atoms with van der Waals surface area (Å²) in [5.74, 6) is 1.79. The zero-order chi connectivity index (χ0) is 19.9. The molecule has 3 atom stereocenters. The summed E-state index contributed by atoms with van der Waals surface area (Å²) in [6.07, 6.45) is 25.8. The van der Waals surface area contributed by atoms with E-state index in [-0.39, 0.29) is 0 Å². The molecule has 0 bridgehead atoms. The van der Waals surface area contributed by atoms with Crippen molar-refractivity contribution < 1.29 is 4.74 Å². The third kappa shape index (κ3) is 5.07. The van der Waals surface area contributed by atoms with Gasteiger partial charge >= 0.3 is 0 Å². The number of nitrogens with one attached hydrogen (secondary N) is 1. The van der Waals surface area contributed by atoms with Crippen molar-refractivity contribution in [2.45, 2.75) is 51.4 Å². The predicted octanol–water partition coefficient (Wildman–Crippen LogP) is 5.54. The minimum absolute atomic E-state index is 0.543. The molecular formula is C26H36N2O.